The van der Waals surface area contributed by atoms with Gasteiger partial charge in [0.15, 0.2) is 0 Å². The highest BCUT2D eigenvalue weighted by Crippen LogP contribution is 2.19. The van der Waals surface area contributed by atoms with Gasteiger partial charge in [0.25, 0.3) is 0 Å². The van der Waals surface area contributed by atoms with Crippen LogP contribution in [0.15, 0.2) is 22.8 Å². The van der Waals surface area contributed by atoms with Gasteiger partial charge in [0.1, 0.15) is 5.76 Å². The van der Waals surface area contributed by atoms with Gasteiger partial charge in [-0.3, -0.25) is 9.69 Å². The summed E-state index contributed by atoms with van der Waals surface area (Å²) < 4.78 is 5.42. The van der Waals surface area contributed by atoms with E-state index in [1.54, 1.807) is 6.26 Å². The van der Waals surface area contributed by atoms with Crippen molar-refractivity contribution >= 4 is 11.9 Å². The maximum Gasteiger partial charge on any atom is 0.314 e. The average Bonchev–Trinajstić information content (AvgIpc) is 3.01. The van der Waals surface area contributed by atoms with E-state index in [1.165, 1.54) is 4.90 Å². The summed E-state index contributed by atoms with van der Waals surface area (Å²) in [4.78, 5) is 27.1. The van der Waals surface area contributed by atoms with Crippen molar-refractivity contribution in [3.8, 4) is 0 Å². The van der Waals surface area contributed by atoms with E-state index < -0.39 is 6.03 Å². The molecule has 1 aromatic rings. The summed E-state index contributed by atoms with van der Waals surface area (Å²) >= 11 is 0. The average molecular weight is 308 g/mol. The fourth-order valence-corrected chi connectivity index (χ4v) is 2.75. The molecule has 2 rings (SSSR count). The van der Waals surface area contributed by atoms with Crippen LogP contribution in [0.5, 0.6) is 0 Å². The molecule has 0 aromatic carbocycles. The normalized spacial score (nSPS) is 20.0. The minimum atomic E-state index is -0.459. The van der Waals surface area contributed by atoms with E-state index >= 15 is 0 Å². The van der Waals surface area contributed by atoms with E-state index in [9.17, 15) is 9.59 Å². The first-order valence-corrected chi connectivity index (χ1v) is 7.51. The number of likely N-dealkylation sites (N-methyl/N-ethyl adjacent to an activating group) is 1. The molecule has 0 bridgehead atoms. The van der Waals surface area contributed by atoms with Gasteiger partial charge >= 0.3 is 6.03 Å². The van der Waals surface area contributed by atoms with Crippen LogP contribution < -0.4 is 11.1 Å². The van der Waals surface area contributed by atoms with Gasteiger partial charge in [0.2, 0.25) is 5.91 Å². The minimum Gasteiger partial charge on any atom is -0.468 e. The van der Waals surface area contributed by atoms with Crippen molar-refractivity contribution in [1.29, 1.82) is 0 Å². The van der Waals surface area contributed by atoms with E-state index in [1.807, 2.05) is 31.1 Å². The lowest BCUT2D eigenvalue weighted by molar-refractivity contribution is -0.126. The molecule has 1 saturated heterocycles. The van der Waals surface area contributed by atoms with Crippen LogP contribution in [0.25, 0.3) is 0 Å². The van der Waals surface area contributed by atoms with Crippen molar-refractivity contribution in [3.63, 3.8) is 0 Å². The number of urea groups is 1. The third-order valence-corrected chi connectivity index (χ3v) is 4.07. The van der Waals surface area contributed by atoms with Crippen molar-refractivity contribution in [3.05, 3.63) is 24.2 Å². The van der Waals surface area contributed by atoms with Gasteiger partial charge in [-0.2, -0.15) is 0 Å². The Morgan fingerprint density at radius 3 is 2.91 bits per heavy atom. The molecule has 0 radical (unpaired) electrons. The molecule has 22 heavy (non-hydrogen) atoms. The number of piperidine rings is 1. The van der Waals surface area contributed by atoms with Gasteiger partial charge in [-0.25, -0.2) is 4.79 Å². The molecule has 3 amide bonds. The summed E-state index contributed by atoms with van der Waals surface area (Å²) in [5.74, 6) is 0.581. The molecule has 0 saturated carbocycles. The number of primary amides is 1. The lowest BCUT2D eigenvalue weighted by Gasteiger charge is -2.31. The lowest BCUT2D eigenvalue weighted by atomic mass is 9.97. The Hall–Kier alpha value is -2.02. The second kappa shape index (κ2) is 7.31. The van der Waals surface area contributed by atoms with E-state index in [-0.39, 0.29) is 17.9 Å². The number of carbonyl (C=O) groups is 2. The monoisotopic (exact) mass is 308 g/mol. The van der Waals surface area contributed by atoms with Gasteiger partial charge < -0.3 is 20.4 Å². The van der Waals surface area contributed by atoms with E-state index in [2.05, 4.69) is 5.32 Å². The Balaban J connectivity index is 1.89. The van der Waals surface area contributed by atoms with Gasteiger partial charge in [-0.1, -0.05) is 0 Å². The van der Waals surface area contributed by atoms with E-state index in [0.717, 1.165) is 18.6 Å². The molecule has 3 N–H and O–H groups in total. The number of nitrogens with one attached hydrogen (secondary N) is 1. The third-order valence-electron chi connectivity index (χ3n) is 4.07. The zero-order valence-corrected chi connectivity index (χ0v) is 13.1. The van der Waals surface area contributed by atoms with Crippen LogP contribution in [0.1, 0.15) is 24.6 Å². The number of likely N-dealkylation sites (tertiary alicyclic amines) is 1. The highest BCUT2D eigenvalue weighted by molar-refractivity contribution is 5.80. The molecule has 0 spiro atoms. The predicted octanol–water partition coefficient (Wildman–Crippen LogP) is 0.789. The summed E-state index contributed by atoms with van der Waals surface area (Å²) in [6.45, 7) is 1.49. The first-order valence-electron chi connectivity index (χ1n) is 7.51. The fourth-order valence-electron chi connectivity index (χ4n) is 2.75. The topological polar surface area (TPSA) is 91.8 Å². The van der Waals surface area contributed by atoms with Crippen LogP contribution in [0, 0.1) is 5.92 Å². The first-order chi connectivity index (χ1) is 10.5. The quantitative estimate of drug-likeness (QED) is 0.841. The van der Waals surface area contributed by atoms with Gasteiger partial charge in [0, 0.05) is 19.6 Å². The largest absolute Gasteiger partial charge is 0.468 e. The Bertz CT molecular complexity index is 501. The van der Waals surface area contributed by atoms with Crippen molar-refractivity contribution in [2.75, 3.05) is 33.7 Å². The summed E-state index contributed by atoms with van der Waals surface area (Å²) in [6.07, 6.45) is 3.21. The van der Waals surface area contributed by atoms with Crippen LogP contribution in [0.2, 0.25) is 0 Å². The molecule has 2 atom stereocenters. The van der Waals surface area contributed by atoms with Crippen molar-refractivity contribution in [2.24, 2.45) is 11.7 Å². The summed E-state index contributed by atoms with van der Waals surface area (Å²) in [7, 11) is 3.88. The number of hydrogen-bond donors (Lipinski definition) is 2. The lowest BCUT2D eigenvalue weighted by Crippen LogP contribution is -2.48. The molecular formula is C15H24N4O3. The number of amides is 3. The number of hydrogen-bond acceptors (Lipinski definition) is 4. The second-order valence-electron chi connectivity index (χ2n) is 5.86. The molecule has 0 aliphatic carbocycles. The smallest absolute Gasteiger partial charge is 0.314 e. The number of rotatable bonds is 5. The molecule has 122 valence electrons. The SMILES string of the molecule is CN(C)C(CNC(=O)C1CCCN(C(N)=O)C1)c1ccco1. The summed E-state index contributed by atoms with van der Waals surface area (Å²) in [5, 5.41) is 2.96. The van der Waals surface area contributed by atoms with Crippen LogP contribution in [0.3, 0.4) is 0 Å². The molecule has 7 heteroatoms. The Morgan fingerprint density at radius 1 is 1.55 bits per heavy atom. The van der Waals surface area contributed by atoms with Gasteiger partial charge in [-0.05, 0) is 39.1 Å². The molecular weight excluding hydrogens is 284 g/mol. The first kappa shape index (κ1) is 16.4. The van der Waals surface area contributed by atoms with Gasteiger partial charge in [0.05, 0.1) is 18.2 Å². The van der Waals surface area contributed by atoms with Crippen molar-refractivity contribution < 1.29 is 14.0 Å². The molecule has 1 aliphatic rings. The standard InChI is InChI=1S/C15H24N4O3/c1-18(2)12(13-6-4-8-22-13)9-17-14(20)11-5-3-7-19(10-11)15(16)21/h4,6,8,11-12H,3,5,7,9-10H2,1-2H3,(H2,16,21)(H,17,20). The number of furan rings is 1. The van der Waals surface area contributed by atoms with Crippen LogP contribution >= 0.6 is 0 Å². The summed E-state index contributed by atoms with van der Waals surface area (Å²) in [6, 6.07) is 3.25. The Kier molecular flexibility index (Phi) is 5.43. The zero-order chi connectivity index (χ0) is 16.1. The minimum absolute atomic E-state index is 0.0187. The molecule has 2 heterocycles. The highest BCUT2D eigenvalue weighted by atomic mass is 16.3. The van der Waals surface area contributed by atoms with Crippen LogP contribution in [0.4, 0.5) is 4.79 Å². The predicted molar refractivity (Wildman–Crippen MR) is 82.0 cm³/mol. The molecule has 1 aliphatic heterocycles. The zero-order valence-electron chi connectivity index (χ0n) is 13.1. The summed E-state index contributed by atoms with van der Waals surface area (Å²) in [5.41, 5.74) is 5.29. The van der Waals surface area contributed by atoms with Crippen molar-refractivity contribution in [1.82, 2.24) is 15.1 Å². The fraction of sp³-hybridized carbons (Fsp3) is 0.600. The van der Waals surface area contributed by atoms with Crippen LogP contribution in [-0.2, 0) is 4.79 Å². The molecule has 2 unspecified atom stereocenters. The van der Waals surface area contributed by atoms with Crippen LogP contribution in [-0.4, -0.2) is 55.5 Å². The molecule has 1 aromatic heterocycles. The maximum atomic E-state index is 12.3. The number of carbonyl (C=O) groups excluding carboxylic acids is 2. The molecule has 7 nitrogen and oxygen atoms in total. The van der Waals surface area contributed by atoms with E-state index in [4.69, 9.17) is 10.2 Å². The highest BCUT2D eigenvalue weighted by Gasteiger charge is 2.28. The molecule has 1 fully saturated rings. The number of nitrogens with two attached hydrogens (primary N) is 1. The van der Waals surface area contributed by atoms with Gasteiger partial charge in [-0.15, -0.1) is 0 Å². The Morgan fingerprint density at radius 2 is 2.32 bits per heavy atom. The number of nitrogens with zero attached hydrogens (tertiary/aromatic N) is 2. The van der Waals surface area contributed by atoms with E-state index in [0.29, 0.717) is 19.6 Å². The Labute approximate surface area is 130 Å². The third kappa shape index (κ3) is 4.00. The van der Waals surface area contributed by atoms with Crippen molar-refractivity contribution in [2.45, 2.75) is 18.9 Å². The second-order valence-corrected chi connectivity index (χ2v) is 5.86. The maximum absolute atomic E-state index is 12.3.